The molecule has 1 aromatic carbocycles. The lowest BCUT2D eigenvalue weighted by atomic mass is 9.90. The number of hydrogen-bond donors (Lipinski definition) is 2. The van der Waals surface area contributed by atoms with Gasteiger partial charge >= 0.3 is 0 Å². The first-order chi connectivity index (χ1) is 12.2. The molecular formula is C20H27FN2O2. The molecular weight excluding hydrogens is 319 g/mol. The second-order valence-electron chi connectivity index (χ2n) is 7.61. The largest absolute Gasteiger partial charge is 0.376 e. The van der Waals surface area contributed by atoms with Crippen LogP contribution in [0.3, 0.4) is 0 Å². The summed E-state index contributed by atoms with van der Waals surface area (Å²) in [5, 5.41) is 6.49. The summed E-state index contributed by atoms with van der Waals surface area (Å²) < 4.78 is 20.8. The van der Waals surface area contributed by atoms with Gasteiger partial charge < -0.3 is 15.4 Å². The van der Waals surface area contributed by atoms with Crippen molar-refractivity contribution in [2.75, 3.05) is 6.61 Å². The van der Waals surface area contributed by atoms with Crippen LogP contribution in [0.25, 0.3) is 0 Å². The van der Waals surface area contributed by atoms with Crippen LogP contribution in [-0.4, -0.2) is 30.7 Å². The van der Waals surface area contributed by atoms with E-state index in [1.54, 1.807) is 12.1 Å². The second-order valence-corrected chi connectivity index (χ2v) is 7.61. The summed E-state index contributed by atoms with van der Waals surface area (Å²) in [7, 11) is 0. The lowest BCUT2D eigenvalue weighted by Gasteiger charge is -2.36. The molecule has 25 heavy (non-hydrogen) atoms. The van der Waals surface area contributed by atoms with E-state index in [4.69, 9.17) is 4.74 Å². The number of carbonyl (C=O) groups is 1. The topological polar surface area (TPSA) is 50.4 Å². The summed E-state index contributed by atoms with van der Waals surface area (Å²) in [6, 6.07) is 4.39. The van der Waals surface area contributed by atoms with Crippen molar-refractivity contribution >= 4 is 5.91 Å². The highest BCUT2D eigenvalue weighted by molar-refractivity contribution is 5.98. The number of halogens is 1. The van der Waals surface area contributed by atoms with Gasteiger partial charge in [-0.1, -0.05) is 25.3 Å². The summed E-state index contributed by atoms with van der Waals surface area (Å²) in [6.45, 7) is 1.04. The number of rotatable bonds is 4. The Morgan fingerprint density at radius 1 is 1.16 bits per heavy atom. The van der Waals surface area contributed by atoms with Gasteiger partial charge in [-0.25, -0.2) is 4.39 Å². The standard InChI is InChI=1S/C20H27FN2O2/c21-19-13(8-9-15-16(19)12-22-20(15)24)11-18-17(7-4-10-25-18)23-14-5-2-1-3-6-14/h8-9,14,17-18,23H,1-7,10-12H2,(H,22,24)/t17-,18+/m0/s1. The van der Waals surface area contributed by atoms with Crippen LogP contribution in [0.1, 0.15) is 66.4 Å². The van der Waals surface area contributed by atoms with Crippen molar-refractivity contribution in [3.8, 4) is 0 Å². The van der Waals surface area contributed by atoms with Gasteiger partial charge in [-0.05, 0) is 37.3 Å². The maximum atomic E-state index is 14.8. The Morgan fingerprint density at radius 2 is 2.00 bits per heavy atom. The highest BCUT2D eigenvalue weighted by atomic mass is 19.1. The normalized spacial score (nSPS) is 27.2. The third kappa shape index (κ3) is 3.58. The van der Waals surface area contributed by atoms with E-state index in [9.17, 15) is 9.18 Å². The van der Waals surface area contributed by atoms with Gasteiger partial charge in [0.05, 0.1) is 6.10 Å². The van der Waals surface area contributed by atoms with E-state index < -0.39 is 0 Å². The maximum absolute atomic E-state index is 14.8. The third-order valence-electron chi connectivity index (χ3n) is 5.91. The summed E-state index contributed by atoms with van der Waals surface area (Å²) in [5.41, 5.74) is 1.65. The van der Waals surface area contributed by atoms with Crippen molar-refractivity contribution in [2.24, 2.45) is 0 Å². The molecule has 2 heterocycles. The zero-order valence-electron chi connectivity index (χ0n) is 14.7. The Bertz CT molecular complexity index is 643. The number of nitrogens with one attached hydrogen (secondary N) is 2. The minimum atomic E-state index is -0.235. The number of fused-ring (bicyclic) bond motifs is 1. The van der Waals surface area contributed by atoms with Crippen LogP contribution in [-0.2, 0) is 17.7 Å². The predicted octanol–water partition coefficient (Wildman–Crippen LogP) is 3.08. The molecule has 1 saturated carbocycles. The molecule has 4 nitrogen and oxygen atoms in total. The Morgan fingerprint density at radius 3 is 2.84 bits per heavy atom. The summed E-state index contributed by atoms with van der Waals surface area (Å²) in [4.78, 5) is 11.7. The van der Waals surface area contributed by atoms with Crippen LogP contribution < -0.4 is 10.6 Å². The van der Waals surface area contributed by atoms with E-state index in [1.807, 2.05) is 0 Å². The van der Waals surface area contributed by atoms with Crippen molar-refractivity contribution in [3.05, 3.63) is 34.6 Å². The van der Waals surface area contributed by atoms with E-state index in [-0.39, 0.29) is 17.8 Å². The Balaban J connectivity index is 1.47. The van der Waals surface area contributed by atoms with Gasteiger partial charge in [0, 0.05) is 42.8 Å². The van der Waals surface area contributed by atoms with Gasteiger partial charge in [0.15, 0.2) is 0 Å². The molecule has 0 spiro atoms. The average molecular weight is 346 g/mol. The molecule has 0 radical (unpaired) electrons. The molecule has 136 valence electrons. The molecule has 1 aromatic rings. The first-order valence-corrected chi connectivity index (χ1v) is 9.68. The number of amides is 1. The molecule has 3 aliphatic rings. The predicted molar refractivity (Wildman–Crippen MR) is 94.0 cm³/mol. The first-order valence-electron chi connectivity index (χ1n) is 9.68. The number of benzene rings is 1. The zero-order valence-corrected chi connectivity index (χ0v) is 14.7. The van der Waals surface area contributed by atoms with E-state index in [0.29, 0.717) is 41.7 Å². The fourth-order valence-corrected chi connectivity index (χ4v) is 4.50. The second kappa shape index (κ2) is 7.42. The summed E-state index contributed by atoms with van der Waals surface area (Å²) in [5.74, 6) is -0.410. The van der Waals surface area contributed by atoms with Crippen LogP contribution in [0.2, 0.25) is 0 Å². The molecule has 5 heteroatoms. The highest BCUT2D eigenvalue weighted by Gasteiger charge is 2.31. The molecule has 1 saturated heterocycles. The number of ether oxygens (including phenoxy) is 1. The van der Waals surface area contributed by atoms with Gasteiger partial charge in [-0.2, -0.15) is 0 Å². The molecule has 2 N–H and O–H groups in total. The molecule has 2 atom stereocenters. The van der Waals surface area contributed by atoms with Gasteiger partial charge in [-0.3, -0.25) is 4.79 Å². The van der Waals surface area contributed by atoms with Crippen molar-refractivity contribution in [1.82, 2.24) is 10.6 Å². The lowest BCUT2D eigenvalue weighted by molar-refractivity contribution is -0.0131. The Hall–Kier alpha value is -1.46. The lowest BCUT2D eigenvalue weighted by Crippen LogP contribution is -2.50. The van der Waals surface area contributed by atoms with Gasteiger partial charge in [0.1, 0.15) is 5.82 Å². The van der Waals surface area contributed by atoms with Crippen LogP contribution in [0.5, 0.6) is 0 Å². The number of carbonyl (C=O) groups excluding carboxylic acids is 1. The van der Waals surface area contributed by atoms with Crippen molar-refractivity contribution in [1.29, 1.82) is 0 Å². The van der Waals surface area contributed by atoms with Crippen molar-refractivity contribution in [3.63, 3.8) is 0 Å². The van der Waals surface area contributed by atoms with Crippen molar-refractivity contribution in [2.45, 2.75) is 76.1 Å². The average Bonchev–Trinajstić information content (AvgIpc) is 3.02. The monoisotopic (exact) mass is 346 g/mol. The summed E-state index contributed by atoms with van der Waals surface area (Å²) >= 11 is 0. The van der Waals surface area contributed by atoms with Crippen LogP contribution in [0, 0.1) is 5.82 Å². The van der Waals surface area contributed by atoms with Gasteiger partial charge in [-0.15, -0.1) is 0 Å². The first kappa shape index (κ1) is 17.0. The van der Waals surface area contributed by atoms with Crippen LogP contribution >= 0.6 is 0 Å². The Labute approximate surface area is 148 Å². The van der Waals surface area contributed by atoms with Gasteiger partial charge in [0.25, 0.3) is 5.91 Å². The Kier molecular flexibility index (Phi) is 5.04. The highest BCUT2D eigenvalue weighted by Crippen LogP contribution is 2.27. The molecule has 1 amide bonds. The number of hydrogen-bond acceptors (Lipinski definition) is 3. The molecule has 2 aliphatic heterocycles. The molecule has 0 unspecified atom stereocenters. The third-order valence-corrected chi connectivity index (χ3v) is 5.91. The minimum Gasteiger partial charge on any atom is -0.376 e. The van der Waals surface area contributed by atoms with E-state index in [1.165, 1.54) is 32.1 Å². The maximum Gasteiger partial charge on any atom is 0.252 e. The zero-order chi connectivity index (χ0) is 17.2. The molecule has 1 aliphatic carbocycles. The van der Waals surface area contributed by atoms with Crippen LogP contribution in [0.4, 0.5) is 4.39 Å². The summed E-state index contributed by atoms with van der Waals surface area (Å²) in [6.07, 6.45) is 9.15. The SMILES string of the molecule is O=C1NCc2c1ccc(C[C@H]1OCCC[C@@H]1NC1CCCCC1)c2F. The smallest absolute Gasteiger partial charge is 0.252 e. The minimum absolute atomic E-state index is 0.00768. The van der Waals surface area contributed by atoms with E-state index in [2.05, 4.69) is 10.6 Å². The quantitative estimate of drug-likeness (QED) is 0.881. The van der Waals surface area contributed by atoms with Crippen molar-refractivity contribution < 1.29 is 13.9 Å². The molecule has 0 aromatic heterocycles. The fourth-order valence-electron chi connectivity index (χ4n) is 4.50. The molecule has 4 rings (SSSR count). The molecule has 2 fully saturated rings. The molecule has 0 bridgehead atoms. The van der Waals surface area contributed by atoms with E-state index in [0.717, 1.165) is 19.4 Å². The van der Waals surface area contributed by atoms with Crippen LogP contribution in [0.15, 0.2) is 12.1 Å². The van der Waals surface area contributed by atoms with Gasteiger partial charge in [0.2, 0.25) is 0 Å². The van der Waals surface area contributed by atoms with E-state index >= 15 is 0 Å². The fraction of sp³-hybridized carbons (Fsp3) is 0.650.